The van der Waals surface area contributed by atoms with Crippen LogP contribution in [0, 0.1) is 11.3 Å². The van der Waals surface area contributed by atoms with Crippen LogP contribution in [-0.4, -0.2) is 43.8 Å². The number of aliphatic hydroxyl groups is 1. The molecule has 0 atom stereocenters. The normalized spacial score (nSPS) is 23.2. The minimum absolute atomic E-state index is 0.0136. The molecule has 0 aromatic heterocycles. The average Bonchev–Trinajstić information content (AvgIpc) is 2.22. The molecule has 0 radical (unpaired) electrons. The minimum atomic E-state index is -2.97. The van der Waals surface area contributed by atoms with Crippen molar-refractivity contribution in [3.05, 3.63) is 0 Å². The smallest absolute Gasteiger partial charge is 0.156 e. The average molecular weight is 233 g/mol. The van der Waals surface area contributed by atoms with Crippen molar-refractivity contribution in [3.8, 4) is 6.07 Å². The lowest BCUT2D eigenvalue weighted by Gasteiger charge is -2.30. The van der Waals surface area contributed by atoms with Gasteiger partial charge in [0, 0.05) is 19.4 Å². The van der Waals surface area contributed by atoms with E-state index in [-0.39, 0.29) is 31.0 Å². The van der Waals surface area contributed by atoms with Gasteiger partial charge < -0.3 is 9.84 Å². The molecule has 0 unspecified atom stereocenters. The zero-order valence-corrected chi connectivity index (χ0v) is 9.29. The van der Waals surface area contributed by atoms with Gasteiger partial charge in [0.15, 0.2) is 15.4 Å². The highest BCUT2D eigenvalue weighted by Crippen LogP contribution is 2.27. The van der Waals surface area contributed by atoms with Gasteiger partial charge in [-0.2, -0.15) is 5.26 Å². The van der Waals surface area contributed by atoms with E-state index in [1.165, 1.54) is 0 Å². The number of sulfone groups is 1. The summed E-state index contributed by atoms with van der Waals surface area (Å²) in [6.07, 6.45) is 0.935. The van der Waals surface area contributed by atoms with Gasteiger partial charge in [0.25, 0.3) is 0 Å². The van der Waals surface area contributed by atoms with Crippen molar-refractivity contribution in [1.82, 2.24) is 0 Å². The molecule has 0 aromatic carbocycles. The number of nitriles is 1. The van der Waals surface area contributed by atoms with E-state index in [0.29, 0.717) is 13.0 Å². The van der Waals surface area contributed by atoms with Gasteiger partial charge in [-0.05, 0) is 6.42 Å². The molecule has 86 valence electrons. The Morgan fingerprint density at radius 2 is 2.00 bits per heavy atom. The first kappa shape index (κ1) is 12.4. The lowest BCUT2D eigenvalue weighted by Crippen LogP contribution is -2.40. The first-order valence-electron chi connectivity index (χ1n) is 4.90. The Labute approximate surface area is 89.6 Å². The van der Waals surface area contributed by atoms with E-state index in [4.69, 9.17) is 15.1 Å². The Morgan fingerprint density at radius 1 is 1.40 bits per heavy atom. The third-order valence-corrected chi connectivity index (χ3v) is 4.17. The topological polar surface area (TPSA) is 87.4 Å². The molecule has 0 saturated carbocycles. The van der Waals surface area contributed by atoms with Crippen molar-refractivity contribution in [1.29, 1.82) is 5.26 Å². The highest BCUT2D eigenvalue weighted by molar-refractivity contribution is 7.91. The van der Waals surface area contributed by atoms with Gasteiger partial charge in [0.2, 0.25) is 0 Å². The van der Waals surface area contributed by atoms with Crippen LogP contribution in [0.2, 0.25) is 0 Å². The van der Waals surface area contributed by atoms with Crippen molar-refractivity contribution in [2.45, 2.75) is 24.9 Å². The maximum Gasteiger partial charge on any atom is 0.156 e. The summed E-state index contributed by atoms with van der Waals surface area (Å²) in [7, 11) is -2.97. The van der Waals surface area contributed by atoms with Crippen LogP contribution >= 0.6 is 0 Å². The van der Waals surface area contributed by atoms with E-state index in [0.717, 1.165) is 0 Å². The fraction of sp³-hybridized carbons (Fsp3) is 0.889. The van der Waals surface area contributed by atoms with Crippen LogP contribution in [0.1, 0.15) is 19.3 Å². The molecule has 0 amide bonds. The molecule has 1 heterocycles. The molecular weight excluding hydrogens is 218 g/mol. The summed E-state index contributed by atoms with van der Waals surface area (Å²) in [5.41, 5.74) is -0.958. The molecule has 0 bridgehead atoms. The Bertz CT molecular complexity index is 330. The van der Waals surface area contributed by atoms with Gasteiger partial charge in [-0.15, -0.1) is 0 Å². The van der Waals surface area contributed by atoms with Crippen molar-refractivity contribution in [3.63, 3.8) is 0 Å². The number of hydrogen-bond donors (Lipinski definition) is 1. The monoisotopic (exact) mass is 233 g/mol. The minimum Gasteiger partial charge on any atom is -0.396 e. The van der Waals surface area contributed by atoms with Gasteiger partial charge >= 0.3 is 0 Å². The summed E-state index contributed by atoms with van der Waals surface area (Å²) in [5, 5.41) is 17.6. The summed E-state index contributed by atoms with van der Waals surface area (Å²) in [6.45, 7) is 0.309. The van der Waals surface area contributed by atoms with Crippen molar-refractivity contribution >= 4 is 9.84 Å². The Morgan fingerprint density at radius 3 is 2.47 bits per heavy atom. The fourth-order valence-electron chi connectivity index (χ4n) is 1.49. The second kappa shape index (κ2) is 4.92. The summed E-state index contributed by atoms with van der Waals surface area (Å²) in [4.78, 5) is 0. The van der Waals surface area contributed by atoms with E-state index >= 15 is 0 Å². The van der Waals surface area contributed by atoms with Gasteiger partial charge in [0.1, 0.15) is 0 Å². The van der Waals surface area contributed by atoms with Gasteiger partial charge in [-0.25, -0.2) is 8.42 Å². The molecule has 1 saturated heterocycles. The first-order valence-corrected chi connectivity index (χ1v) is 6.72. The molecule has 0 spiro atoms. The molecule has 6 heteroatoms. The Balaban J connectivity index is 2.53. The Hall–Kier alpha value is -0.640. The predicted octanol–water partition coefficient (Wildman–Crippen LogP) is -0.144. The molecule has 0 aromatic rings. The molecule has 5 nitrogen and oxygen atoms in total. The van der Waals surface area contributed by atoms with Gasteiger partial charge in [-0.1, -0.05) is 0 Å². The second-order valence-electron chi connectivity index (χ2n) is 3.68. The number of hydrogen-bond acceptors (Lipinski definition) is 5. The summed E-state index contributed by atoms with van der Waals surface area (Å²) in [6, 6.07) is 2.05. The lowest BCUT2D eigenvalue weighted by atomic mass is 9.98. The van der Waals surface area contributed by atoms with Gasteiger partial charge in [0.05, 0.1) is 24.2 Å². The summed E-state index contributed by atoms with van der Waals surface area (Å²) in [5.74, 6) is 0.0272. The third-order valence-electron chi connectivity index (χ3n) is 2.52. The largest absolute Gasteiger partial charge is 0.396 e. The van der Waals surface area contributed by atoms with Crippen molar-refractivity contribution < 1.29 is 18.3 Å². The zero-order valence-electron chi connectivity index (χ0n) is 8.48. The summed E-state index contributed by atoms with van der Waals surface area (Å²) >= 11 is 0. The molecular formula is C9H15NO4S. The molecule has 1 N–H and O–H groups in total. The first-order chi connectivity index (χ1) is 7.04. The van der Waals surface area contributed by atoms with Crippen LogP contribution < -0.4 is 0 Å². The molecule has 15 heavy (non-hydrogen) atoms. The molecule has 1 fully saturated rings. The second-order valence-corrected chi connectivity index (χ2v) is 5.99. The maximum absolute atomic E-state index is 11.2. The van der Waals surface area contributed by atoms with Crippen molar-refractivity contribution in [2.24, 2.45) is 0 Å². The number of rotatable bonds is 4. The number of nitrogens with zero attached hydrogens (tertiary/aromatic N) is 1. The molecule has 1 rings (SSSR count). The summed E-state index contributed by atoms with van der Waals surface area (Å²) < 4.78 is 27.7. The molecule has 1 aliphatic heterocycles. The van der Waals surface area contributed by atoms with Crippen LogP contribution in [0.15, 0.2) is 0 Å². The van der Waals surface area contributed by atoms with Crippen LogP contribution in [0.5, 0.6) is 0 Å². The van der Waals surface area contributed by atoms with Crippen LogP contribution in [0.4, 0.5) is 0 Å². The van der Waals surface area contributed by atoms with E-state index in [1.54, 1.807) is 0 Å². The molecule has 1 aliphatic rings. The third kappa shape index (κ3) is 3.45. The highest BCUT2D eigenvalue weighted by atomic mass is 32.2. The quantitative estimate of drug-likeness (QED) is 0.683. The SMILES string of the molecule is N#CC1(OCCCO)CCS(=O)(=O)CC1. The predicted molar refractivity (Wildman–Crippen MR) is 53.9 cm³/mol. The zero-order chi connectivity index (χ0) is 11.4. The maximum atomic E-state index is 11.2. The lowest BCUT2D eigenvalue weighted by molar-refractivity contribution is -0.0147. The standard InChI is InChI=1S/C9H15NO4S/c10-8-9(14-5-1-4-11)2-6-15(12,13)7-3-9/h11H,1-7H2. The highest BCUT2D eigenvalue weighted by Gasteiger charge is 2.38. The van der Waals surface area contributed by atoms with Crippen LogP contribution in [0.3, 0.4) is 0 Å². The number of aliphatic hydroxyl groups excluding tert-OH is 1. The van der Waals surface area contributed by atoms with Crippen LogP contribution in [0.25, 0.3) is 0 Å². The fourth-order valence-corrected chi connectivity index (χ4v) is 2.97. The van der Waals surface area contributed by atoms with Crippen molar-refractivity contribution in [2.75, 3.05) is 24.7 Å². The van der Waals surface area contributed by atoms with E-state index in [9.17, 15) is 8.42 Å². The van der Waals surface area contributed by atoms with E-state index in [1.807, 2.05) is 6.07 Å². The van der Waals surface area contributed by atoms with E-state index in [2.05, 4.69) is 0 Å². The van der Waals surface area contributed by atoms with E-state index < -0.39 is 15.4 Å². The van der Waals surface area contributed by atoms with Crippen LogP contribution in [-0.2, 0) is 14.6 Å². The van der Waals surface area contributed by atoms with Gasteiger partial charge in [-0.3, -0.25) is 0 Å². The Kier molecular flexibility index (Phi) is 4.08. The number of ether oxygens (including phenoxy) is 1. The molecule has 0 aliphatic carbocycles.